The van der Waals surface area contributed by atoms with Gasteiger partial charge in [-0.3, -0.25) is 14.5 Å². The second-order valence-corrected chi connectivity index (χ2v) is 6.45. The number of likely N-dealkylation sites (tertiary alicyclic amines) is 1. The molecule has 0 aliphatic carbocycles. The largest absolute Gasteiger partial charge is 0.373 e. The van der Waals surface area contributed by atoms with Crippen molar-refractivity contribution >= 4 is 11.8 Å². The second kappa shape index (κ2) is 4.89. The first-order valence-corrected chi connectivity index (χ1v) is 7.30. The van der Waals surface area contributed by atoms with Gasteiger partial charge in [0.15, 0.2) is 0 Å². The van der Waals surface area contributed by atoms with Crippen molar-refractivity contribution in [1.29, 1.82) is 0 Å². The van der Waals surface area contributed by atoms with Crippen LogP contribution < -0.4 is 0 Å². The highest BCUT2D eigenvalue weighted by Crippen LogP contribution is 2.49. The minimum atomic E-state index is -0.494. The SMILES string of the molecule is CCCC(C(C)C)C1(C)OCC2C(=O)N(C)C(=O)C21. The maximum atomic E-state index is 12.4. The molecule has 2 aliphatic heterocycles. The maximum absolute atomic E-state index is 12.4. The molecule has 4 unspecified atom stereocenters. The van der Waals surface area contributed by atoms with Gasteiger partial charge in [0, 0.05) is 7.05 Å². The normalized spacial score (nSPS) is 36.2. The molecular formula is C15H25NO3. The Kier molecular flexibility index (Phi) is 3.74. The lowest BCUT2D eigenvalue weighted by Crippen LogP contribution is -2.47. The molecule has 2 saturated heterocycles. The predicted molar refractivity (Wildman–Crippen MR) is 72.4 cm³/mol. The van der Waals surface area contributed by atoms with Crippen molar-refractivity contribution in [3.05, 3.63) is 0 Å². The highest BCUT2D eigenvalue weighted by Gasteiger charge is 2.62. The monoisotopic (exact) mass is 267 g/mol. The summed E-state index contributed by atoms with van der Waals surface area (Å²) < 4.78 is 6.00. The predicted octanol–water partition coefficient (Wildman–Crippen LogP) is 2.08. The van der Waals surface area contributed by atoms with E-state index in [1.807, 2.05) is 6.92 Å². The van der Waals surface area contributed by atoms with Crippen molar-refractivity contribution in [1.82, 2.24) is 4.90 Å². The summed E-state index contributed by atoms with van der Waals surface area (Å²) in [6.07, 6.45) is 2.10. The summed E-state index contributed by atoms with van der Waals surface area (Å²) >= 11 is 0. The minimum absolute atomic E-state index is 0.0586. The van der Waals surface area contributed by atoms with E-state index in [2.05, 4.69) is 20.8 Å². The van der Waals surface area contributed by atoms with Crippen LogP contribution in [-0.4, -0.2) is 36.0 Å². The van der Waals surface area contributed by atoms with E-state index in [1.54, 1.807) is 7.05 Å². The van der Waals surface area contributed by atoms with E-state index in [9.17, 15) is 9.59 Å². The number of nitrogens with zero attached hydrogens (tertiary/aromatic N) is 1. The Balaban J connectivity index is 2.34. The van der Waals surface area contributed by atoms with Gasteiger partial charge in [-0.2, -0.15) is 0 Å². The molecule has 2 heterocycles. The number of ether oxygens (including phenoxy) is 1. The topological polar surface area (TPSA) is 46.6 Å². The molecule has 0 aromatic carbocycles. The van der Waals surface area contributed by atoms with E-state index in [1.165, 1.54) is 4.90 Å². The van der Waals surface area contributed by atoms with Crippen LogP contribution in [0.3, 0.4) is 0 Å². The summed E-state index contributed by atoms with van der Waals surface area (Å²) in [6.45, 7) is 8.92. The van der Waals surface area contributed by atoms with Crippen molar-refractivity contribution in [2.45, 2.75) is 46.1 Å². The number of carbonyl (C=O) groups excluding carboxylic acids is 2. The van der Waals surface area contributed by atoms with Crippen molar-refractivity contribution in [3.63, 3.8) is 0 Å². The third-order valence-electron chi connectivity index (χ3n) is 4.98. The average Bonchev–Trinajstić information content (AvgIpc) is 2.80. The number of rotatable bonds is 4. The van der Waals surface area contributed by atoms with Gasteiger partial charge in [0.1, 0.15) is 0 Å². The van der Waals surface area contributed by atoms with E-state index < -0.39 is 5.60 Å². The lowest BCUT2D eigenvalue weighted by Gasteiger charge is -2.39. The fourth-order valence-corrected chi connectivity index (χ4v) is 3.98. The molecule has 0 aromatic rings. The van der Waals surface area contributed by atoms with Crippen molar-refractivity contribution in [2.75, 3.05) is 13.7 Å². The van der Waals surface area contributed by atoms with Gasteiger partial charge < -0.3 is 4.74 Å². The van der Waals surface area contributed by atoms with Crippen molar-refractivity contribution in [2.24, 2.45) is 23.7 Å². The highest BCUT2D eigenvalue weighted by atomic mass is 16.5. The zero-order chi connectivity index (χ0) is 14.4. The molecule has 2 aliphatic rings. The lowest BCUT2D eigenvalue weighted by atomic mass is 9.69. The molecule has 4 nitrogen and oxygen atoms in total. The van der Waals surface area contributed by atoms with Gasteiger partial charge in [0.2, 0.25) is 11.8 Å². The van der Waals surface area contributed by atoms with Crippen LogP contribution in [0.4, 0.5) is 0 Å². The quantitative estimate of drug-likeness (QED) is 0.733. The molecule has 0 saturated carbocycles. The minimum Gasteiger partial charge on any atom is -0.373 e. The molecule has 0 N–H and O–H groups in total. The third-order valence-corrected chi connectivity index (χ3v) is 4.98. The lowest BCUT2D eigenvalue weighted by molar-refractivity contribution is -0.146. The van der Waals surface area contributed by atoms with Crippen LogP contribution in [0.2, 0.25) is 0 Å². The molecule has 108 valence electrons. The highest BCUT2D eigenvalue weighted by molar-refractivity contribution is 6.05. The van der Waals surface area contributed by atoms with Gasteiger partial charge in [-0.15, -0.1) is 0 Å². The number of amides is 2. The second-order valence-electron chi connectivity index (χ2n) is 6.45. The number of imide groups is 1. The zero-order valence-corrected chi connectivity index (χ0v) is 12.6. The van der Waals surface area contributed by atoms with E-state index >= 15 is 0 Å². The fourth-order valence-electron chi connectivity index (χ4n) is 3.98. The molecule has 2 rings (SSSR count). The fraction of sp³-hybridized carbons (Fsp3) is 0.867. The van der Waals surface area contributed by atoms with Crippen LogP contribution in [-0.2, 0) is 14.3 Å². The van der Waals surface area contributed by atoms with Crippen molar-refractivity contribution < 1.29 is 14.3 Å². The Morgan fingerprint density at radius 3 is 2.53 bits per heavy atom. The molecule has 4 atom stereocenters. The summed E-state index contributed by atoms with van der Waals surface area (Å²) in [5.74, 6) is 0.0762. The first-order valence-electron chi connectivity index (χ1n) is 7.30. The summed E-state index contributed by atoms with van der Waals surface area (Å²) in [4.78, 5) is 25.7. The van der Waals surface area contributed by atoms with Crippen molar-refractivity contribution in [3.8, 4) is 0 Å². The smallest absolute Gasteiger partial charge is 0.235 e. The van der Waals surface area contributed by atoms with Crippen LogP contribution in [0.1, 0.15) is 40.5 Å². The number of hydrogen-bond donors (Lipinski definition) is 0. The molecule has 0 bridgehead atoms. The third kappa shape index (κ3) is 2.00. The van der Waals surface area contributed by atoms with Gasteiger partial charge in [-0.05, 0) is 25.2 Å². The van der Waals surface area contributed by atoms with Crippen LogP contribution in [0, 0.1) is 23.7 Å². The summed E-state index contributed by atoms with van der Waals surface area (Å²) in [7, 11) is 1.59. The Labute approximate surface area is 115 Å². The van der Waals surface area contributed by atoms with Crippen LogP contribution in [0.25, 0.3) is 0 Å². The van der Waals surface area contributed by atoms with Gasteiger partial charge in [-0.1, -0.05) is 27.2 Å². The molecule has 2 fully saturated rings. The Hall–Kier alpha value is -0.900. The standard InChI is InChI=1S/C15H25NO3/c1-6-7-11(9(2)3)15(4)12-10(8-19-15)13(17)16(5)14(12)18/h9-12H,6-8H2,1-5H3. The number of hydrogen-bond acceptors (Lipinski definition) is 3. The molecule has 0 aromatic heterocycles. The molecular weight excluding hydrogens is 242 g/mol. The van der Waals surface area contributed by atoms with E-state index in [0.717, 1.165) is 12.8 Å². The van der Waals surface area contributed by atoms with E-state index in [-0.39, 0.29) is 23.7 Å². The van der Waals surface area contributed by atoms with Gasteiger partial charge in [-0.25, -0.2) is 0 Å². The van der Waals surface area contributed by atoms with Crippen LogP contribution in [0.5, 0.6) is 0 Å². The van der Waals surface area contributed by atoms with Gasteiger partial charge >= 0.3 is 0 Å². The van der Waals surface area contributed by atoms with Gasteiger partial charge in [0.05, 0.1) is 24.0 Å². The van der Waals surface area contributed by atoms with E-state index in [0.29, 0.717) is 18.4 Å². The van der Waals surface area contributed by atoms with Gasteiger partial charge in [0.25, 0.3) is 0 Å². The first-order chi connectivity index (χ1) is 8.84. The van der Waals surface area contributed by atoms with Crippen LogP contribution >= 0.6 is 0 Å². The Bertz CT molecular complexity index is 393. The number of fused-ring (bicyclic) bond motifs is 1. The molecule has 19 heavy (non-hydrogen) atoms. The summed E-state index contributed by atoms with van der Waals surface area (Å²) in [6, 6.07) is 0. The molecule has 4 heteroatoms. The molecule has 0 spiro atoms. The number of carbonyl (C=O) groups is 2. The summed E-state index contributed by atoms with van der Waals surface area (Å²) in [5, 5.41) is 0. The Morgan fingerprint density at radius 1 is 1.37 bits per heavy atom. The summed E-state index contributed by atoms with van der Waals surface area (Å²) in [5.41, 5.74) is -0.494. The first kappa shape index (κ1) is 14.5. The van der Waals surface area contributed by atoms with E-state index in [4.69, 9.17) is 4.74 Å². The van der Waals surface area contributed by atoms with Crippen LogP contribution in [0.15, 0.2) is 0 Å². The average molecular weight is 267 g/mol. The molecule has 0 radical (unpaired) electrons. The Morgan fingerprint density at radius 2 is 2.00 bits per heavy atom. The zero-order valence-electron chi connectivity index (χ0n) is 12.6. The molecule has 2 amide bonds. The maximum Gasteiger partial charge on any atom is 0.235 e.